The molecule has 126 valence electrons. The molecule has 24 heavy (non-hydrogen) atoms. The summed E-state index contributed by atoms with van der Waals surface area (Å²) in [5, 5.41) is 0. The van der Waals surface area contributed by atoms with Gasteiger partial charge in [0.05, 0.1) is 23.1 Å². The van der Waals surface area contributed by atoms with Gasteiger partial charge in [-0.05, 0) is 19.8 Å². The fourth-order valence-electron chi connectivity index (χ4n) is 3.20. The molecule has 2 aromatic heterocycles. The van der Waals surface area contributed by atoms with Gasteiger partial charge in [0.1, 0.15) is 4.88 Å². The summed E-state index contributed by atoms with van der Waals surface area (Å²) in [6, 6.07) is 0. The lowest BCUT2D eigenvalue weighted by molar-refractivity contribution is -0.140. The van der Waals surface area contributed by atoms with Gasteiger partial charge in [0, 0.05) is 33.0 Å². The monoisotopic (exact) mass is 345 g/mol. The van der Waals surface area contributed by atoms with E-state index >= 15 is 0 Å². The van der Waals surface area contributed by atoms with Crippen molar-refractivity contribution < 1.29 is 9.59 Å². The molecular weight excluding hydrogens is 326 g/mol. The Morgan fingerprint density at radius 3 is 2.67 bits per heavy atom. The number of carbonyl (C=O) groups is 2. The van der Waals surface area contributed by atoms with E-state index in [-0.39, 0.29) is 11.8 Å². The van der Waals surface area contributed by atoms with Crippen molar-refractivity contribution in [2.75, 3.05) is 20.6 Å². The predicted molar refractivity (Wildman–Crippen MR) is 89.5 cm³/mol. The number of likely N-dealkylation sites (N-methyl/N-ethyl adjacent to an activating group) is 1. The molecule has 0 aliphatic carbocycles. The van der Waals surface area contributed by atoms with Gasteiger partial charge < -0.3 is 9.80 Å². The first-order chi connectivity index (χ1) is 11.5. The van der Waals surface area contributed by atoms with E-state index in [4.69, 9.17) is 0 Å². The van der Waals surface area contributed by atoms with E-state index in [1.54, 1.807) is 50.0 Å². The van der Waals surface area contributed by atoms with Crippen molar-refractivity contribution >= 4 is 23.2 Å². The standard InChI is InChI=1S/C16H19N5O2S/c1-11-13(24-10-19-11)14(22)21-8-4-5-16(21,15(23)20(2)3)12-9-17-6-7-18-12/h6-7,9-10H,4-5,8H2,1-3H3/t16-/m0/s1. The number of carbonyl (C=O) groups excluding carboxylic acids is 2. The smallest absolute Gasteiger partial charge is 0.267 e. The third-order valence-corrected chi connectivity index (χ3v) is 5.23. The van der Waals surface area contributed by atoms with E-state index in [0.717, 1.165) is 6.42 Å². The molecule has 0 aromatic carbocycles. The van der Waals surface area contributed by atoms with Gasteiger partial charge in [-0.3, -0.25) is 19.6 Å². The highest BCUT2D eigenvalue weighted by atomic mass is 32.1. The number of nitrogens with zero attached hydrogens (tertiary/aromatic N) is 5. The lowest BCUT2D eigenvalue weighted by Crippen LogP contribution is -2.55. The van der Waals surface area contributed by atoms with E-state index < -0.39 is 5.54 Å². The van der Waals surface area contributed by atoms with Gasteiger partial charge in [0.15, 0.2) is 5.54 Å². The zero-order valence-electron chi connectivity index (χ0n) is 13.9. The quantitative estimate of drug-likeness (QED) is 0.841. The molecule has 0 N–H and O–H groups in total. The molecule has 7 nitrogen and oxygen atoms in total. The van der Waals surface area contributed by atoms with Crippen molar-refractivity contribution in [3.63, 3.8) is 0 Å². The normalized spacial score (nSPS) is 20.2. The molecular formula is C16H19N5O2S. The number of likely N-dealkylation sites (tertiary alicyclic amines) is 1. The lowest BCUT2D eigenvalue weighted by atomic mass is 9.90. The first kappa shape index (κ1) is 16.5. The van der Waals surface area contributed by atoms with Crippen LogP contribution in [0.5, 0.6) is 0 Å². The van der Waals surface area contributed by atoms with Crippen LogP contribution in [0, 0.1) is 6.92 Å². The minimum Gasteiger partial charge on any atom is -0.346 e. The van der Waals surface area contributed by atoms with Crippen molar-refractivity contribution in [1.82, 2.24) is 24.8 Å². The van der Waals surface area contributed by atoms with E-state index in [0.29, 0.717) is 29.2 Å². The number of hydrogen-bond acceptors (Lipinski definition) is 6. The van der Waals surface area contributed by atoms with Crippen LogP contribution in [0.3, 0.4) is 0 Å². The molecule has 0 spiro atoms. The molecule has 2 aromatic rings. The lowest BCUT2D eigenvalue weighted by Gasteiger charge is -2.38. The number of rotatable bonds is 3. The van der Waals surface area contributed by atoms with Gasteiger partial charge in [-0.1, -0.05) is 0 Å². The fourth-order valence-corrected chi connectivity index (χ4v) is 3.95. The average molecular weight is 345 g/mol. The second kappa shape index (κ2) is 6.27. The minimum atomic E-state index is -1.11. The van der Waals surface area contributed by atoms with Crippen molar-refractivity contribution in [2.24, 2.45) is 0 Å². The molecule has 0 saturated carbocycles. The Labute approximate surface area is 144 Å². The molecule has 1 aliphatic heterocycles. The third kappa shape index (κ3) is 2.47. The second-order valence-electron chi connectivity index (χ2n) is 5.98. The highest BCUT2D eigenvalue weighted by Gasteiger charge is 2.53. The third-order valence-electron chi connectivity index (χ3n) is 4.31. The molecule has 3 heterocycles. The highest BCUT2D eigenvalue weighted by molar-refractivity contribution is 7.11. The molecule has 2 amide bonds. The Morgan fingerprint density at radius 1 is 1.29 bits per heavy atom. The summed E-state index contributed by atoms with van der Waals surface area (Å²) >= 11 is 1.30. The Balaban J connectivity index is 2.12. The van der Waals surface area contributed by atoms with Crippen LogP contribution >= 0.6 is 11.3 Å². The zero-order valence-corrected chi connectivity index (χ0v) is 14.7. The van der Waals surface area contributed by atoms with E-state index in [1.165, 1.54) is 16.2 Å². The minimum absolute atomic E-state index is 0.156. The number of hydrogen-bond donors (Lipinski definition) is 0. The SMILES string of the molecule is Cc1ncsc1C(=O)N1CCC[C@@]1(C(=O)N(C)C)c1cnccn1. The summed E-state index contributed by atoms with van der Waals surface area (Å²) in [5.74, 6) is -0.329. The molecule has 3 rings (SSSR count). The van der Waals surface area contributed by atoms with Gasteiger partial charge >= 0.3 is 0 Å². The van der Waals surface area contributed by atoms with Gasteiger partial charge in [-0.15, -0.1) is 11.3 Å². The first-order valence-corrected chi connectivity index (χ1v) is 8.56. The zero-order chi connectivity index (χ0) is 17.3. The van der Waals surface area contributed by atoms with E-state index in [9.17, 15) is 9.59 Å². The molecule has 0 unspecified atom stereocenters. The maximum absolute atomic E-state index is 13.1. The van der Waals surface area contributed by atoms with Gasteiger partial charge in [-0.25, -0.2) is 4.98 Å². The van der Waals surface area contributed by atoms with Crippen LogP contribution in [-0.4, -0.2) is 57.2 Å². The van der Waals surface area contributed by atoms with Crippen LogP contribution in [0.4, 0.5) is 0 Å². The number of aryl methyl sites for hydroxylation is 1. The average Bonchev–Trinajstić information content (AvgIpc) is 3.21. The molecule has 8 heteroatoms. The summed E-state index contributed by atoms with van der Waals surface area (Å²) in [7, 11) is 3.39. The first-order valence-electron chi connectivity index (χ1n) is 7.69. The number of aromatic nitrogens is 3. The molecule has 1 saturated heterocycles. The van der Waals surface area contributed by atoms with Crippen LogP contribution in [0.25, 0.3) is 0 Å². The predicted octanol–water partition coefficient (Wildman–Crippen LogP) is 1.46. The summed E-state index contributed by atoms with van der Waals surface area (Å²) < 4.78 is 0. The van der Waals surface area contributed by atoms with Crippen LogP contribution in [0.2, 0.25) is 0 Å². The number of amides is 2. The summed E-state index contributed by atoms with van der Waals surface area (Å²) in [6.07, 6.45) is 5.96. The second-order valence-corrected chi connectivity index (χ2v) is 6.83. The molecule has 1 aliphatic rings. The largest absolute Gasteiger partial charge is 0.346 e. The topological polar surface area (TPSA) is 79.3 Å². The van der Waals surface area contributed by atoms with Crippen molar-refractivity contribution in [3.05, 3.63) is 40.4 Å². The van der Waals surface area contributed by atoms with Gasteiger partial charge in [0.2, 0.25) is 0 Å². The van der Waals surface area contributed by atoms with Gasteiger partial charge in [-0.2, -0.15) is 0 Å². The Morgan fingerprint density at radius 2 is 2.08 bits per heavy atom. The Bertz CT molecular complexity index is 761. The summed E-state index contributed by atoms with van der Waals surface area (Å²) in [4.78, 5) is 42.6. The molecule has 0 bridgehead atoms. The maximum Gasteiger partial charge on any atom is 0.267 e. The van der Waals surface area contributed by atoms with Crippen LogP contribution in [-0.2, 0) is 10.3 Å². The van der Waals surface area contributed by atoms with Crippen LogP contribution < -0.4 is 0 Å². The molecule has 1 fully saturated rings. The van der Waals surface area contributed by atoms with Crippen molar-refractivity contribution in [3.8, 4) is 0 Å². The van der Waals surface area contributed by atoms with Gasteiger partial charge in [0.25, 0.3) is 11.8 Å². The van der Waals surface area contributed by atoms with Crippen LogP contribution in [0.1, 0.15) is 33.9 Å². The Hall–Kier alpha value is -2.35. The summed E-state index contributed by atoms with van der Waals surface area (Å²) in [6.45, 7) is 2.31. The fraction of sp³-hybridized carbons (Fsp3) is 0.438. The van der Waals surface area contributed by atoms with Crippen molar-refractivity contribution in [2.45, 2.75) is 25.3 Å². The molecule has 0 radical (unpaired) electrons. The summed E-state index contributed by atoms with van der Waals surface area (Å²) in [5.41, 5.74) is 1.74. The maximum atomic E-state index is 13.1. The Kier molecular flexibility index (Phi) is 4.31. The highest BCUT2D eigenvalue weighted by Crippen LogP contribution is 2.40. The van der Waals surface area contributed by atoms with Crippen LogP contribution in [0.15, 0.2) is 24.1 Å². The van der Waals surface area contributed by atoms with Crippen molar-refractivity contribution in [1.29, 1.82) is 0 Å². The molecule has 1 atom stereocenters. The number of thiazole rings is 1. The van der Waals surface area contributed by atoms with E-state index in [2.05, 4.69) is 15.0 Å². The van der Waals surface area contributed by atoms with E-state index in [1.807, 2.05) is 0 Å².